The molecule has 0 radical (unpaired) electrons. The van der Waals surface area contributed by atoms with Crippen molar-refractivity contribution in [1.82, 2.24) is 0 Å². The Bertz CT molecular complexity index is 159. The number of hydrogen-bond acceptors (Lipinski definition) is 0. The summed E-state index contributed by atoms with van der Waals surface area (Å²) in [5.74, 6) is 0. The normalized spacial score (nSPS) is 18.4. The molecule has 0 aliphatic carbocycles. The van der Waals surface area contributed by atoms with Gasteiger partial charge in [-0.05, 0) is 20.8 Å². The topological polar surface area (TPSA) is 0 Å². The first kappa shape index (κ1) is 2.71. The van der Waals surface area contributed by atoms with Gasteiger partial charge in [0.1, 0.15) is 0 Å². The van der Waals surface area contributed by atoms with Gasteiger partial charge in [-0.3, -0.25) is 0 Å². The molecule has 0 N–H and O–H groups in total. The molecule has 0 heteroatoms. The molecule has 0 amide bonds. The van der Waals surface area contributed by atoms with Crippen LogP contribution >= 0.6 is 0 Å². The fourth-order valence-electron chi connectivity index (χ4n) is 0.188. The molecule has 0 heterocycles. The fourth-order valence-corrected chi connectivity index (χ4v) is 0.188. The van der Waals surface area contributed by atoms with E-state index in [1.165, 1.54) is 0 Å². The molecule has 0 bridgehead atoms. The Kier molecular flexibility index (Phi) is 1.01. The van der Waals surface area contributed by atoms with Gasteiger partial charge in [0.15, 0.2) is 0 Å². The highest BCUT2D eigenvalue weighted by molar-refractivity contribution is 5.22. The zero-order chi connectivity index (χ0) is 8.31. The lowest BCUT2D eigenvalue weighted by atomic mass is 10.2. The molecular weight excluding hydrogens is 84.1 g/mol. The maximum Gasteiger partial charge on any atom is 0.0576 e. The van der Waals surface area contributed by atoms with Gasteiger partial charge < -0.3 is 0 Å². The first-order chi connectivity index (χ1) is 4.46. The van der Waals surface area contributed by atoms with Crippen LogP contribution in [0, 0.1) is 0 Å². The molecule has 0 aromatic heterocycles. The van der Waals surface area contributed by atoms with Crippen LogP contribution in [0.2, 0.25) is 0 Å². The lowest BCUT2D eigenvalue weighted by molar-refractivity contribution is 1.34. The van der Waals surface area contributed by atoms with Gasteiger partial charge >= 0.3 is 0 Å². The van der Waals surface area contributed by atoms with E-state index in [-0.39, 0.29) is 6.53 Å². The Labute approximate surface area is 49.8 Å². The highest BCUT2D eigenvalue weighted by Crippen LogP contribution is 2.02. The summed E-state index contributed by atoms with van der Waals surface area (Å²) in [5, 5.41) is 0. The average molecular weight is 99.2 g/mol. The Hall–Kier alpha value is -0.520. The summed E-state index contributed by atoms with van der Waals surface area (Å²) in [4.78, 5) is 0. The molecule has 0 saturated carbocycles. The number of hydrogen-bond donors (Lipinski definition) is 0. The second-order valence-corrected chi connectivity index (χ2v) is 1.50. The molecule has 0 atom stereocenters. The van der Waals surface area contributed by atoms with Crippen molar-refractivity contribution in [3.63, 3.8) is 0 Å². The van der Waals surface area contributed by atoms with E-state index in [0.29, 0.717) is 11.6 Å². The van der Waals surface area contributed by atoms with Gasteiger partial charge in [-0.25, -0.2) is 0 Å². The number of allylic oxidation sites excluding steroid dienone is 3. The van der Waals surface area contributed by atoms with E-state index in [9.17, 15) is 0 Å². The van der Waals surface area contributed by atoms with Crippen LogP contribution in [0.5, 0.6) is 0 Å². The molecule has 0 nitrogen and oxygen atoms in total. The summed E-state index contributed by atoms with van der Waals surface area (Å²) >= 11 is 0. The maximum absolute atomic E-state index is 7.19. The smallest absolute Gasteiger partial charge is 0.0576 e. The highest BCUT2D eigenvalue weighted by atomic mass is 13.9. The lowest BCUT2D eigenvalue weighted by Crippen LogP contribution is -1.71. The van der Waals surface area contributed by atoms with Gasteiger partial charge in [0, 0.05) is 0 Å². The van der Waals surface area contributed by atoms with Crippen LogP contribution < -0.4 is 0 Å². The van der Waals surface area contributed by atoms with E-state index in [1.807, 2.05) is 0 Å². The monoisotopic (exact) mass is 99.1 g/mol. The Morgan fingerprint density at radius 1 is 1.86 bits per heavy atom. The number of rotatable bonds is 1. The molecule has 0 spiro atoms. The summed E-state index contributed by atoms with van der Waals surface area (Å²) in [7, 11) is 0. The predicted octanol–water partition coefficient (Wildman–Crippen LogP) is 2.53. The van der Waals surface area contributed by atoms with Crippen LogP contribution in [-0.2, 0) is 0 Å². The minimum Gasteiger partial charge on any atom is -0.0959 e. The van der Waals surface area contributed by atoms with E-state index < -0.39 is 0 Å². The summed E-state index contributed by atoms with van der Waals surface area (Å²) in [6, 6.07) is 0.425. The minimum absolute atomic E-state index is 0.205. The Morgan fingerprint density at radius 2 is 2.43 bits per heavy atom. The van der Waals surface area contributed by atoms with Crippen LogP contribution in [-0.4, -0.2) is 0 Å². The van der Waals surface area contributed by atoms with Crippen molar-refractivity contribution in [1.29, 1.82) is 0 Å². The van der Waals surface area contributed by atoms with Crippen molar-refractivity contribution >= 4 is 0 Å². The minimum atomic E-state index is -0.205. The second-order valence-electron chi connectivity index (χ2n) is 1.50. The third-order valence-corrected chi connectivity index (χ3v) is 0.938. The van der Waals surface area contributed by atoms with Crippen LogP contribution in [0.3, 0.4) is 0 Å². The molecular formula is C7H12. The SMILES string of the molecule is [2H]C([2H])=C(C)C(C)=C([2H])C. The van der Waals surface area contributed by atoms with E-state index >= 15 is 0 Å². The van der Waals surface area contributed by atoms with Crippen molar-refractivity contribution < 1.29 is 4.11 Å². The van der Waals surface area contributed by atoms with Gasteiger partial charge in [-0.15, -0.1) is 0 Å². The molecule has 40 valence electrons. The zero-order valence-electron chi connectivity index (χ0n) is 8.00. The molecule has 0 unspecified atom stereocenters. The van der Waals surface area contributed by atoms with Crippen molar-refractivity contribution in [2.24, 2.45) is 0 Å². The molecule has 7 heavy (non-hydrogen) atoms. The maximum atomic E-state index is 7.19. The molecule has 0 aliphatic rings. The van der Waals surface area contributed by atoms with Crippen LogP contribution in [0.25, 0.3) is 0 Å². The Balaban J connectivity index is 4.71. The lowest BCUT2D eigenvalue weighted by Gasteiger charge is -1.92. The fraction of sp³-hybridized carbons (Fsp3) is 0.429. The standard InChI is InChI=1S/C7H12/c1-5-7(4)6(2)3/h5H,2H2,1,3-4H3/i2D2,5D. The Morgan fingerprint density at radius 3 is 2.57 bits per heavy atom. The predicted molar refractivity (Wildman–Crippen MR) is 34.2 cm³/mol. The summed E-state index contributed by atoms with van der Waals surface area (Å²) in [5.41, 5.74) is 1.30. The molecule has 0 rings (SSSR count). The van der Waals surface area contributed by atoms with Crippen LogP contribution in [0.1, 0.15) is 24.9 Å². The third-order valence-electron chi connectivity index (χ3n) is 0.938. The van der Waals surface area contributed by atoms with Gasteiger partial charge in [-0.1, -0.05) is 23.7 Å². The van der Waals surface area contributed by atoms with Gasteiger partial charge in [0.2, 0.25) is 0 Å². The van der Waals surface area contributed by atoms with E-state index in [1.54, 1.807) is 20.8 Å². The highest BCUT2D eigenvalue weighted by Gasteiger charge is 1.81. The van der Waals surface area contributed by atoms with Crippen molar-refractivity contribution in [3.05, 3.63) is 23.7 Å². The van der Waals surface area contributed by atoms with Crippen LogP contribution in [0.15, 0.2) is 23.7 Å². The quantitative estimate of drug-likeness (QED) is 0.443. The van der Waals surface area contributed by atoms with Gasteiger partial charge in [-0.2, -0.15) is 0 Å². The van der Waals surface area contributed by atoms with Crippen molar-refractivity contribution in [2.75, 3.05) is 0 Å². The molecule has 0 fully saturated rings. The molecule has 0 saturated heterocycles. The van der Waals surface area contributed by atoms with Gasteiger partial charge in [0.25, 0.3) is 0 Å². The second kappa shape index (κ2) is 2.62. The summed E-state index contributed by atoms with van der Waals surface area (Å²) < 4.78 is 21.1. The van der Waals surface area contributed by atoms with Crippen molar-refractivity contribution in [3.8, 4) is 0 Å². The van der Waals surface area contributed by atoms with Crippen molar-refractivity contribution in [2.45, 2.75) is 20.8 Å². The first-order valence-corrected chi connectivity index (χ1v) is 2.25. The van der Waals surface area contributed by atoms with E-state index in [0.717, 1.165) is 5.57 Å². The first-order valence-electron chi connectivity index (χ1n) is 3.75. The largest absolute Gasteiger partial charge is 0.0959 e. The van der Waals surface area contributed by atoms with Gasteiger partial charge in [0.05, 0.1) is 4.11 Å². The summed E-state index contributed by atoms with van der Waals surface area (Å²) in [6.45, 7) is 4.88. The van der Waals surface area contributed by atoms with E-state index in [2.05, 4.69) is 0 Å². The third kappa shape index (κ3) is 2.21. The zero-order valence-corrected chi connectivity index (χ0v) is 5.00. The van der Waals surface area contributed by atoms with Crippen LogP contribution in [0.4, 0.5) is 0 Å². The molecule has 0 aliphatic heterocycles. The van der Waals surface area contributed by atoms with E-state index in [4.69, 9.17) is 4.11 Å². The molecule has 0 aromatic rings. The molecule has 0 aromatic carbocycles. The average Bonchev–Trinajstić information content (AvgIpc) is 1.84. The summed E-state index contributed by atoms with van der Waals surface area (Å²) in [6.07, 6.45) is 0.